The Balaban J connectivity index is 2.04. The van der Waals surface area contributed by atoms with E-state index in [-0.39, 0.29) is 18.6 Å². The van der Waals surface area contributed by atoms with Gasteiger partial charge < -0.3 is 24.1 Å². The van der Waals surface area contributed by atoms with Crippen LogP contribution in [-0.4, -0.2) is 64.9 Å². The highest BCUT2D eigenvalue weighted by molar-refractivity contribution is 5.89. The van der Waals surface area contributed by atoms with Gasteiger partial charge in [-0.05, 0) is 20.3 Å². The Morgan fingerprint density at radius 3 is 2.46 bits per heavy atom. The summed E-state index contributed by atoms with van der Waals surface area (Å²) < 4.78 is 22.1. The first-order valence-electron chi connectivity index (χ1n) is 9.40. The van der Waals surface area contributed by atoms with Gasteiger partial charge in [0.25, 0.3) is 0 Å². The Kier molecular flexibility index (Phi) is 5.26. The molecule has 0 unspecified atom stereocenters. The maximum absolute atomic E-state index is 12.9. The summed E-state index contributed by atoms with van der Waals surface area (Å²) in [5.41, 5.74) is -2.22. The minimum Gasteiger partial charge on any atom is -0.462 e. The van der Waals surface area contributed by atoms with E-state index in [9.17, 15) is 24.3 Å². The molecule has 2 aliphatic heterocycles. The summed E-state index contributed by atoms with van der Waals surface area (Å²) in [4.78, 5) is 48.7. The number of fused-ring (bicyclic) bond motifs is 3. The molecule has 7 atom stereocenters. The van der Waals surface area contributed by atoms with Gasteiger partial charge in [-0.25, -0.2) is 0 Å². The summed E-state index contributed by atoms with van der Waals surface area (Å²) in [6.45, 7) is 5.19. The molecule has 3 rings (SSSR count). The standard InChI is InChI=1S/C19H26O9/c1-9(21)25-12-7-19(4,27-10(2)22)13(23)5-6-18(3)16(28-18)15-14(12)11(8-20)17(24)26-15/h11-12,14-16,20H,5-8H2,1-4H3/t11-,12-,14-,15-,16+,18+,19+/m0/s1. The highest BCUT2D eigenvalue weighted by Gasteiger charge is 2.66. The third kappa shape index (κ3) is 3.65. The van der Waals surface area contributed by atoms with Gasteiger partial charge >= 0.3 is 17.9 Å². The molecule has 156 valence electrons. The van der Waals surface area contributed by atoms with Crippen LogP contribution in [0.3, 0.4) is 0 Å². The average Bonchev–Trinajstić information content (AvgIpc) is 3.12. The molecule has 0 aromatic rings. The summed E-state index contributed by atoms with van der Waals surface area (Å²) in [6, 6.07) is 0. The molecule has 2 saturated heterocycles. The van der Waals surface area contributed by atoms with Crippen molar-refractivity contribution >= 4 is 23.7 Å². The Morgan fingerprint density at radius 1 is 1.21 bits per heavy atom. The first-order chi connectivity index (χ1) is 13.0. The van der Waals surface area contributed by atoms with Crippen LogP contribution in [0.15, 0.2) is 0 Å². The van der Waals surface area contributed by atoms with E-state index in [0.29, 0.717) is 6.42 Å². The number of ketones is 1. The van der Waals surface area contributed by atoms with Gasteiger partial charge in [0, 0.05) is 26.7 Å². The van der Waals surface area contributed by atoms with E-state index in [1.807, 2.05) is 6.92 Å². The van der Waals surface area contributed by atoms with Crippen molar-refractivity contribution in [1.29, 1.82) is 0 Å². The van der Waals surface area contributed by atoms with Crippen molar-refractivity contribution in [3.8, 4) is 0 Å². The van der Waals surface area contributed by atoms with Gasteiger partial charge in [0.2, 0.25) is 0 Å². The molecule has 2 heterocycles. The molecule has 9 heteroatoms. The molecule has 0 bridgehead atoms. The zero-order valence-corrected chi connectivity index (χ0v) is 16.4. The lowest BCUT2D eigenvalue weighted by atomic mass is 9.75. The van der Waals surface area contributed by atoms with Gasteiger partial charge in [-0.2, -0.15) is 0 Å². The van der Waals surface area contributed by atoms with E-state index >= 15 is 0 Å². The summed E-state index contributed by atoms with van der Waals surface area (Å²) in [6.07, 6.45) is -1.83. The Bertz CT molecular complexity index is 704. The zero-order valence-electron chi connectivity index (χ0n) is 16.4. The molecule has 0 aromatic carbocycles. The fourth-order valence-electron chi connectivity index (χ4n) is 4.50. The molecule has 28 heavy (non-hydrogen) atoms. The van der Waals surface area contributed by atoms with Gasteiger partial charge in [0.1, 0.15) is 18.3 Å². The van der Waals surface area contributed by atoms with Gasteiger partial charge in [-0.3, -0.25) is 19.2 Å². The first-order valence-corrected chi connectivity index (χ1v) is 9.40. The normalized spacial score (nSPS) is 42.7. The van der Waals surface area contributed by atoms with Crippen molar-refractivity contribution in [3.05, 3.63) is 0 Å². The van der Waals surface area contributed by atoms with Crippen molar-refractivity contribution in [2.75, 3.05) is 6.61 Å². The molecule has 0 radical (unpaired) electrons. The number of Topliss-reactive ketones (excluding diaryl/α,β-unsaturated/α-hetero) is 1. The van der Waals surface area contributed by atoms with Crippen LogP contribution in [0.1, 0.15) is 47.0 Å². The maximum atomic E-state index is 12.9. The van der Waals surface area contributed by atoms with Gasteiger partial charge in [0.15, 0.2) is 11.4 Å². The fourth-order valence-corrected chi connectivity index (χ4v) is 4.50. The second-order valence-electron chi connectivity index (χ2n) is 8.22. The molecule has 0 aromatic heterocycles. The van der Waals surface area contributed by atoms with Crippen molar-refractivity contribution in [1.82, 2.24) is 0 Å². The van der Waals surface area contributed by atoms with Crippen molar-refractivity contribution in [3.63, 3.8) is 0 Å². The number of hydrogen-bond acceptors (Lipinski definition) is 9. The number of carbonyl (C=O) groups excluding carboxylic acids is 4. The largest absolute Gasteiger partial charge is 0.462 e. The van der Waals surface area contributed by atoms with Crippen LogP contribution < -0.4 is 0 Å². The Hall–Kier alpha value is -2.00. The number of aliphatic hydroxyl groups excluding tert-OH is 1. The lowest BCUT2D eigenvalue weighted by Crippen LogP contribution is -2.50. The highest BCUT2D eigenvalue weighted by Crippen LogP contribution is 2.51. The number of carbonyl (C=O) groups is 4. The van der Waals surface area contributed by atoms with E-state index in [0.717, 1.165) is 0 Å². The predicted molar refractivity (Wildman–Crippen MR) is 91.8 cm³/mol. The maximum Gasteiger partial charge on any atom is 0.312 e. The minimum atomic E-state index is -1.54. The highest BCUT2D eigenvalue weighted by atomic mass is 16.7. The molecule has 9 nitrogen and oxygen atoms in total. The topological polar surface area (TPSA) is 129 Å². The smallest absolute Gasteiger partial charge is 0.312 e. The number of aliphatic hydroxyl groups is 1. The second-order valence-corrected chi connectivity index (χ2v) is 8.22. The molecular weight excluding hydrogens is 372 g/mol. The third-order valence-corrected chi connectivity index (χ3v) is 5.98. The summed E-state index contributed by atoms with van der Waals surface area (Å²) in [5, 5.41) is 9.77. The van der Waals surface area contributed by atoms with Crippen molar-refractivity contribution in [2.24, 2.45) is 11.8 Å². The molecular formula is C19H26O9. The first kappa shape index (κ1) is 20.7. The van der Waals surface area contributed by atoms with E-state index in [4.69, 9.17) is 18.9 Å². The second kappa shape index (κ2) is 7.11. The SMILES string of the molecule is CC(=O)O[C@H]1C[C@@](C)(OC(C)=O)C(=O)CC[C@@]2(C)O[C@@H]2[C@H]2OC(=O)[C@@H](CO)[C@H]21. The van der Waals surface area contributed by atoms with E-state index in [1.54, 1.807) is 0 Å². The fraction of sp³-hybridized carbons (Fsp3) is 0.789. The van der Waals surface area contributed by atoms with Crippen LogP contribution in [0.2, 0.25) is 0 Å². The molecule has 0 spiro atoms. The number of esters is 3. The lowest BCUT2D eigenvalue weighted by Gasteiger charge is -2.36. The van der Waals surface area contributed by atoms with Gasteiger partial charge in [-0.15, -0.1) is 0 Å². The van der Waals surface area contributed by atoms with Crippen LogP contribution in [0.5, 0.6) is 0 Å². The van der Waals surface area contributed by atoms with Gasteiger partial charge in [-0.1, -0.05) is 0 Å². The lowest BCUT2D eigenvalue weighted by molar-refractivity contribution is -0.173. The number of epoxide rings is 1. The minimum absolute atomic E-state index is 0.0956. The van der Waals surface area contributed by atoms with E-state index in [1.165, 1.54) is 20.8 Å². The van der Waals surface area contributed by atoms with E-state index in [2.05, 4.69) is 0 Å². The summed E-state index contributed by atoms with van der Waals surface area (Å²) in [5.74, 6) is -3.84. The molecule has 1 aliphatic carbocycles. The Labute approximate surface area is 162 Å². The molecule has 3 aliphatic rings. The number of ether oxygens (including phenoxy) is 4. The summed E-state index contributed by atoms with van der Waals surface area (Å²) >= 11 is 0. The zero-order chi connectivity index (χ0) is 20.9. The number of hydrogen-bond donors (Lipinski definition) is 1. The molecule has 1 N–H and O–H groups in total. The Morgan fingerprint density at radius 2 is 1.89 bits per heavy atom. The van der Waals surface area contributed by atoms with Crippen LogP contribution >= 0.6 is 0 Å². The van der Waals surface area contributed by atoms with Crippen LogP contribution in [0, 0.1) is 11.8 Å². The average molecular weight is 398 g/mol. The summed E-state index contributed by atoms with van der Waals surface area (Å²) in [7, 11) is 0. The number of rotatable bonds is 3. The van der Waals surface area contributed by atoms with Crippen LogP contribution in [-0.2, 0) is 38.1 Å². The molecule has 0 amide bonds. The van der Waals surface area contributed by atoms with Crippen LogP contribution in [0.25, 0.3) is 0 Å². The van der Waals surface area contributed by atoms with Crippen molar-refractivity contribution in [2.45, 2.75) is 76.5 Å². The third-order valence-electron chi connectivity index (χ3n) is 5.98. The molecule has 3 fully saturated rings. The van der Waals surface area contributed by atoms with Crippen molar-refractivity contribution < 1.29 is 43.2 Å². The predicted octanol–water partition coefficient (Wildman–Crippen LogP) is 0.301. The quantitative estimate of drug-likeness (QED) is 0.405. The molecule has 1 saturated carbocycles. The van der Waals surface area contributed by atoms with E-state index < -0.39 is 65.9 Å². The van der Waals surface area contributed by atoms with Gasteiger partial charge in [0.05, 0.1) is 24.0 Å². The van der Waals surface area contributed by atoms with Crippen LogP contribution in [0.4, 0.5) is 0 Å². The monoisotopic (exact) mass is 398 g/mol.